The number of hydrogen-bond donors (Lipinski definition) is 0. The molecule has 2 aromatic heterocycles. The van der Waals surface area contributed by atoms with E-state index in [1.165, 1.54) is 21.5 Å². The topological polar surface area (TPSA) is 29.5 Å². The first kappa shape index (κ1) is 31.7. The van der Waals surface area contributed by atoms with E-state index in [0.717, 1.165) is 94.0 Å². The molecule has 3 nitrogen and oxygen atoms in total. The predicted octanol–water partition coefficient (Wildman–Crippen LogP) is 15.7. The maximum absolute atomic E-state index is 6.69. The molecule has 0 atom stereocenters. The summed E-state index contributed by atoms with van der Waals surface area (Å²) in [6, 6.07) is 71.5. The van der Waals surface area contributed by atoms with Crippen molar-refractivity contribution in [1.82, 2.24) is 0 Å². The predicted molar refractivity (Wildman–Crippen MR) is 239 cm³/mol. The van der Waals surface area contributed by atoms with Crippen molar-refractivity contribution < 1.29 is 8.83 Å². The number of benzene rings is 10. The van der Waals surface area contributed by atoms with Gasteiger partial charge in [0.1, 0.15) is 22.3 Å². The summed E-state index contributed by atoms with van der Waals surface area (Å²) in [6.45, 7) is 0. The van der Waals surface area contributed by atoms with Crippen molar-refractivity contribution in [2.45, 2.75) is 0 Å². The van der Waals surface area contributed by atoms with Crippen molar-refractivity contribution in [3.8, 4) is 22.3 Å². The van der Waals surface area contributed by atoms with Crippen LogP contribution in [-0.4, -0.2) is 0 Å². The van der Waals surface area contributed by atoms with Crippen LogP contribution in [0.1, 0.15) is 0 Å². The zero-order valence-corrected chi connectivity index (χ0v) is 30.8. The summed E-state index contributed by atoms with van der Waals surface area (Å²) in [7, 11) is 0. The van der Waals surface area contributed by atoms with Gasteiger partial charge in [0, 0.05) is 38.5 Å². The van der Waals surface area contributed by atoms with E-state index in [0.29, 0.717) is 0 Å². The molecule has 0 N–H and O–H groups in total. The second kappa shape index (κ2) is 12.5. The molecular formula is C54H33NO2. The number of anilines is 3. The lowest BCUT2D eigenvalue weighted by Crippen LogP contribution is -2.10. The molecule has 0 aliphatic heterocycles. The fraction of sp³-hybridized carbons (Fsp3) is 0. The van der Waals surface area contributed by atoms with E-state index in [-0.39, 0.29) is 0 Å². The largest absolute Gasteiger partial charge is 0.455 e. The van der Waals surface area contributed by atoms with Crippen molar-refractivity contribution in [1.29, 1.82) is 0 Å². The molecule has 3 heteroatoms. The first-order valence-corrected chi connectivity index (χ1v) is 19.4. The van der Waals surface area contributed by atoms with Crippen LogP contribution in [-0.2, 0) is 0 Å². The van der Waals surface area contributed by atoms with Crippen molar-refractivity contribution in [3.05, 3.63) is 200 Å². The number of nitrogens with zero attached hydrogens (tertiary/aromatic N) is 1. The standard InChI is InChI=1S/C54H33NO2/c1-2-10-35(11-3-1)44-16-8-17-45-48-32-39(26-31-50(48)56-53(44)45)34-22-27-40(28-23-34)55(41-29-24-38-21-20-36-12-4-6-14-42(36)47(38)33-41)49-18-9-19-51-52(49)46-30-25-37-13-5-7-15-43(37)54(46)57-51/h1-33H. The molecule has 0 fully saturated rings. The third kappa shape index (κ3) is 4.99. The summed E-state index contributed by atoms with van der Waals surface area (Å²) < 4.78 is 13.2. The van der Waals surface area contributed by atoms with Crippen molar-refractivity contribution in [3.63, 3.8) is 0 Å². The van der Waals surface area contributed by atoms with Gasteiger partial charge in [-0.25, -0.2) is 0 Å². The Morgan fingerprint density at radius 3 is 1.82 bits per heavy atom. The normalized spacial score (nSPS) is 11.9. The van der Waals surface area contributed by atoms with E-state index in [9.17, 15) is 0 Å². The Morgan fingerprint density at radius 2 is 0.965 bits per heavy atom. The van der Waals surface area contributed by atoms with Gasteiger partial charge in [-0.1, -0.05) is 146 Å². The van der Waals surface area contributed by atoms with Crippen LogP contribution >= 0.6 is 0 Å². The summed E-state index contributed by atoms with van der Waals surface area (Å²) in [4.78, 5) is 2.38. The Bertz CT molecular complexity index is 3520. The molecule has 0 bridgehead atoms. The number of hydrogen-bond acceptors (Lipinski definition) is 3. The van der Waals surface area contributed by atoms with Gasteiger partial charge in [0.25, 0.3) is 0 Å². The van der Waals surface area contributed by atoms with Crippen LogP contribution in [0.4, 0.5) is 17.1 Å². The van der Waals surface area contributed by atoms with E-state index < -0.39 is 0 Å². The maximum atomic E-state index is 6.69. The molecule has 0 radical (unpaired) electrons. The average molecular weight is 728 g/mol. The van der Waals surface area contributed by atoms with Gasteiger partial charge < -0.3 is 13.7 Å². The second-order valence-electron chi connectivity index (χ2n) is 14.9. The first-order valence-electron chi connectivity index (χ1n) is 19.4. The zero-order valence-electron chi connectivity index (χ0n) is 30.8. The molecule has 0 aliphatic carbocycles. The molecule has 0 amide bonds. The van der Waals surface area contributed by atoms with Crippen LogP contribution in [0.5, 0.6) is 0 Å². The van der Waals surface area contributed by atoms with E-state index in [2.05, 4.69) is 199 Å². The molecule has 10 aromatic carbocycles. The Hall–Kier alpha value is -7.62. The highest BCUT2D eigenvalue weighted by Gasteiger charge is 2.21. The quantitative estimate of drug-likeness (QED) is 0.165. The summed E-state index contributed by atoms with van der Waals surface area (Å²) in [5.74, 6) is 0. The lowest BCUT2D eigenvalue weighted by Gasteiger charge is -2.27. The minimum atomic E-state index is 0.864. The minimum Gasteiger partial charge on any atom is -0.455 e. The molecule has 12 aromatic rings. The Kier molecular flexibility index (Phi) is 6.93. The highest BCUT2D eigenvalue weighted by atomic mass is 16.3. The first-order chi connectivity index (χ1) is 28.2. The Balaban J connectivity index is 1.03. The van der Waals surface area contributed by atoms with Gasteiger partial charge in [0.15, 0.2) is 0 Å². The molecule has 12 rings (SSSR count). The molecule has 0 saturated carbocycles. The average Bonchev–Trinajstić information content (AvgIpc) is 3.86. The van der Waals surface area contributed by atoms with Gasteiger partial charge in [0.2, 0.25) is 0 Å². The summed E-state index contributed by atoms with van der Waals surface area (Å²) in [5.41, 5.74) is 11.3. The summed E-state index contributed by atoms with van der Waals surface area (Å²) in [6.07, 6.45) is 0. The number of rotatable bonds is 5. The number of fused-ring (bicyclic) bond motifs is 11. The lowest BCUT2D eigenvalue weighted by atomic mass is 9.99. The molecular weight excluding hydrogens is 695 g/mol. The Labute approximate surface area is 328 Å². The summed E-state index contributed by atoms with van der Waals surface area (Å²) >= 11 is 0. The fourth-order valence-corrected chi connectivity index (χ4v) is 8.90. The summed E-state index contributed by atoms with van der Waals surface area (Å²) in [5, 5.41) is 11.6. The van der Waals surface area contributed by atoms with Crippen LogP contribution in [0.3, 0.4) is 0 Å². The van der Waals surface area contributed by atoms with Crippen LogP contribution in [0.15, 0.2) is 209 Å². The lowest BCUT2D eigenvalue weighted by molar-refractivity contribution is 0.670. The van der Waals surface area contributed by atoms with Crippen molar-refractivity contribution >= 4 is 93.3 Å². The van der Waals surface area contributed by atoms with Crippen LogP contribution < -0.4 is 4.90 Å². The molecule has 0 aliphatic rings. The van der Waals surface area contributed by atoms with Gasteiger partial charge in [-0.3, -0.25) is 0 Å². The second-order valence-corrected chi connectivity index (χ2v) is 14.9. The van der Waals surface area contributed by atoms with Crippen molar-refractivity contribution in [2.24, 2.45) is 0 Å². The van der Waals surface area contributed by atoms with E-state index in [1.54, 1.807) is 0 Å². The highest BCUT2D eigenvalue weighted by molar-refractivity contribution is 6.20. The monoisotopic (exact) mass is 727 g/mol. The van der Waals surface area contributed by atoms with Gasteiger partial charge in [-0.05, 0) is 98.2 Å². The molecule has 0 unspecified atom stereocenters. The molecule has 2 heterocycles. The maximum Gasteiger partial charge on any atom is 0.143 e. The van der Waals surface area contributed by atoms with Crippen LogP contribution in [0, 0.1) is 0 Å². The number of para-hydroxylation sites is 1. The molecule has 57 heavy (non-hydrogen) atoms. The van der Waals surface area contributed by atoms with Gasteiger partial charge in [0.05, 0.1) is 11.1 Å². The molecule has 0 saturated heterocycles. The van der Waals surface area contributed by atoms with Crippen molar-refractivity contribution in [2.75, 3.05) is 4.90 Å². The van der Waals surface area contributed by atoms with Gasteiger partial charge in [-0.15, -0.1) is 0 Å². The van der Waals surface area contributed by atoms with Crippen LogP contribution in [0.2, 0.25) is 0 Å². The SMILES string of the molecule is c1ccc(-c2cccc3c2oc2ccc(-c4ccc(N(c5ccc6ccc7ccccc7c6c5)c5cccc6oc7c8ccccc8ccc7c56)cc4)cc23)cc1. The van der Waals surface area contributed by atoms with E-state index in [4.69, 9.17) is 8.83 Å². The van der Waals surface area contributed by atoms with E-state index in [1.807, 2.05) is 6.07 Å². The van der Waals surface area contributed by atoms with Crippen LogP contribution in [0.25, 0.3) is 98.4 Å². The zero-order chi connectivity index (χ0) is 37.5. The third-order valence-corrected chi connectivity index (χ3v) is 11.6. The minimum absolute atomic E-state index is 0.864. The van der Waals surface area contributed by atoms with Gasteiger partial charge >= 0.3 is 0 Å². The molecule has 266 valence electrons. The third-order valence-electron chi connectivity index (χ3n) is 11.6. The molecule has 0 spiro atoms. The van der Waals surface area contributed by atoms with E-state index >= 15 is 0 Å². The Morgan fingerprint density at radius 1 is 0.316 bits per heavy atom. The number of furan rings is 2. The van der Waals surface area contributed by atoms with Gasteiger partial charge in [-0.2, -0.15) is 0 Å². The highest BCUT2D eigenvalue weighted by Crippen LogP contribution is 2.46. The fourth-order valence-electron chi connectivity index (χ4n) is 8.90. The smallest absolute Gasteiger partial charge is 0.143 e.